The Hall–Kier alpha value is -0.140. The Morgan fingerprint density at radius 3 is 1.92 bits per heavy atom. The fourth-order valence-electron chi connectivity index (χ4n) is 0.615. The van der Waals surface area contributed by atoms with Gasteiger partial charge in [-0.1, -0.05) is 0 Å². The molecule has 0 aliphatic heterocycles. The Morgan fingerprint density at radius 2 is 1.62 bits per heavy atom. The van der Waals surface area contributed by atoms with Crippen molar-refractivity contribution in [1.82, 2.24) is 0 Å². The van der Waals surface area contributed by atoms with Crippen molar-refractivity contribution in [3.63, 3.8) is 0 Å². The van der Waals surface area contributed by atoms with Gasteiger partial charge >= 0.3 is 0 Å². The fourth-order valence-corrected chi connectivity index (χ4v) is 3.45. The van der Waals surface area contributed by atoms with Crippen LogP contribution < -0.4 is 5.73 Å². The highest BCUT2D eigenvalue weighted by molar-refractivity contribution is 7.95. The van der Waals surface area contributed by atoms with Crippen molar-refractivity contribution in [1.29, 1.82) is 0 Å². The molecule has 0 radical (unpaired) electrons. The first-order chi connectivity index (χ1) is 5.69. The lowest BCUT2D eigenvalue weighted by Crippen LogP contribution is -2.31. The van der Waals surface area contributed by atoms with Crippen molar-refractivity contribution < 1.29 is 16.8 Å². The SMILES string of the molecule is CC(CN)S(=O)(=O)CCS(C)(=O)=O. The Balaban J connectivity index is 4.38. The van der Waals surface area contributed by atoms with Gasteiger partial charge in [-0.3, -0.25) is 0 Å². The molecule has 7 heteroatoms. The van der Waals surface area contributed by atoms with Crippen molar-refractivity contribution in [3.05, 3.63) is 0 Å². The van der Waals surface area contributed by atoms with E-state index < -0.39 is 24.9 Å². The van der Waals surface area contributed by atoms with Crippen molar-refractivity contribution in [2.45, 2.75) is 12.2 Å². The van der Waals surface area contributed by atoms with Crippen LogP contribution in [0, 0.1) is 0 Å². The average Bonchev–Trinajstić information content (AvgIpc) is 1.98. The summed E-state index contributed by atoms with van der Waals surface area (Å²) in [5.74, 6) is -0.677. The highest BCUT2D eigenvalue weighted by Crippen LogP contribution is 2.01. The van der Waals surface area contributed by atoms with Crippen molar-refractivity contribution in [2.24, 2.45) is 5.73 Å². The van der Waals surface area contributed by atoms with Crippen molar-refractivity contribution in [3.8, 4) is 0 Å². The van der Waals surface area contributed by atoms with Gasteiger partial charge in [-0.05, 0) is 6.92 Å². The third kappa shape index (κ3) is 5.22. The Bertz CT molecular complexity index is 343. The van der Waals surface area contributed by atoms with Gasteiger partial charge in [0.15, 0.2) is 9.84 Å². The van der Waals surface area contributed by atoms with E-state index >= 15 is 0 Å². The van der Waals surface area contributed by atoms with Gasteiger partial charge in [0.05, 0.1) is 16.8 Å². The van der Waals surface area contributed by atoms with Gasteiger partial charge in [0, 0.05) is 12.8 Å². The summed E-state index contributed by atoms with van der Waals surface area (Å²) < 4.78 is 43.9. The summed E-state index contributed by atoms with van der Waals surface area (Å²) in [6.45, 7) is 1.49. The van der Waals surface area contributed by atoms with Crippen LogP contribution in [-0.2, 0) is 19.7 Å². The van der Waals surface area contributed by atoms with Gasteiger partial charge in [0.2, 0.25) is 0 Å². The van der Waals surface area contributed by atoms with Gasteiger partial charge in [0.1, 0.15) is 9.84 Å². The Kier molecular flexibility index (Phi) is 4.34. The normalized spacial score (nSPS) is 15.6. The maximum atomic E-state index is 11.3. The number of hydrogen-bond acceptors (Lipinski definition) is 5. The average molecular weight is 229 g/mol. The molecule has 0 bridgehead atoms. The molecule has 0 heterocycles. The summed E-state index contributed by atoms with van der Waals surface area (Å²) in [5, 5.41) is -0.672. The molecule has 0 aromatic carbocycles. The maximum absolute atomic E-state index is 11.3. The Morgan fingerprint density at radius 1 is 1.15 bits per heavy atom. The summed E-state index contributed by atoms with van der Waals surface area (Å²) >= 11 is 0. The lowest BCUT2D eigenvalue weighted by atomic mass is 10.5. The summed E-state index contributed by atoms with van der Waals surface area (Å²) in [6.07, 6.45) is 1.01. The zero-order valence-corrected chi connectivity index (χ0v) is 9.36. The molecule has 0 saturated heterocycles. The summed E-state index contributed by atoms with van der Waals surface area (Å²) in [5.41, 5.74) is 5.17. The molecule has 1 unspecified atom stereocenters. The lowest BCUT2D eigenvalue weighted by molar-refractivity contribution is 0.581. The first-order valence-electron chi connectivity index (χ1n) is 3.78. The number of nitrogens with two attached hydrogens (primary N) is 1. The Labute approximate surface area is 79.2 Å². The molecule has 80 valence electrons. The maximum Gasteiger partial charge on any atom is 0.155 e. The second-order valence-corrected chi connectivity index (χ2v) is 7.84. The zero-order valence-electron chi connectivity index (χ0n) is 7.73. The molecule has 0 rings (SSSR count). The quantitative estimate of drug-likeness (QED) is 0.638. The monoisotopic (exact) mass is 229 g/mol. The lowest BCUT2D eigenvalue weighted by Gasteiger charge is -2.08. The molecular weight excluding hydrogens is 214 g/mol. The first-order valence-corrected chi connectivity index (χ1v) is 7.56. The molecule has 13 heavy (non-hydrogen) atoms. The number of sulfone groups is 2. The number of rotatable bonds is 5. The van der Waals surface area contributed by atoms with Crippen LogP contribution in [0.1, 0.15) is 6.92 Å². The van der Waals surface area contributed by atoms with E-state index in [2.05, 4.69) is 0 Å². The minimum atomic E-state index is -3.35. The highest BCUT2D eigenvalue weighted by Gasteiger charge is 2.20. The van der Waals surface area contributed by atoms with E-state index in [9.17, 15) is 16.8 Å². The van der Waals surface area contributed by atoms with Gasteiger partial charge in [-0.15, -0.1) is 0 Å². The van der Waals surface area contributed by atoms with Crippen LogP contribution in [0.15, 0.2) is 0 Å². The summed E-state index contributed by atoms with van der Waals surface area (Å²) in [6, 6.07) is 0. The molecule has 0 aromatic rings. The minimum Gasteiger partial charge on any atom is -0.329 e. The van der Waals surface area contributed by atoms with Gasteiger partial charge in [-0.25, -0.2) is 16.8 Å². The fraction of sp³-hybridized carbons (Fsp3) is 1.00. The van der Waals surface area contributed by atoms with Crippen LogP contribution in [0.2, 0.25) is 0 Å². The van der Waals surface area contributed by atoms with Crippen molar-refractivity contribution >= 4 is 19.7 Å². The second kappa shape index (κ2) is 4.39. The largest absolute Gasteiger partial charge is 0.329 e. The van der Waals surface area contributed by atoms with Crippen molar-refractivity contribution in [2.75, 3.05) is 24.3 Å². The zero-order chi connectivity index (χ0) is 10.7. The molecule has 0 aliphatic rings. The second-order valence-electron chi connectivity index (χ2n) is 3.04. The topological polar surface area (TPSA) is 94.3 Å². The predicted octanol–water partition coefficient (Wildman–Crippen LogP) is -1.21. The van der Waals surface area contributed by atoms with E-state index in [-0.39, 0.29) is 18.1 Å². The molecule has 2 N–H and O–H groups in total. The molecule has 5 nitrogen and oxygen atoms in total. The molecule has 0 saturated carbocycles. The summed E-state index contributed by atoms with van der Waals surface area (Å²) in [4.78, 5) is 0. The van der Waals surface area contributed by atoms with E-state index in [4.69, 9.17) is 5.73 Å². The highest BCUT2D eigenvalue weighted by atomic mass is 32.2. The molecule has 0 aromatic heterocycles. The molecule has 0 aliphatic carbocycles. The minimum absolute atomic E-state index is 0.0199. The molecular formula is C6H15NO4S2. The standard InChI is InChI=1S/C6H15NO4S2/c1-6(5-7)13(10,11)4-3-12(2,8)9/h6H,3-5,7H2,1-2H3. The van der Waals surface area contributed by atoms with Crippen LogP contribution in [0.5, 0.6) is 0 Å². The number of hydrogen-bond donors (Lipinski definition) is 1. The van der Waals surface area contributed by atoms with E-state index in [0.29, 0.717) is 0 Å². The van der Waals surface area contributed by atoms with Crippen LogP contribution in [0.25, 0.3) is 0 Å². The third-order valence-electron chi connectivity index (χ3n) is 1.68. The van der Waals surface area contributed by atoms with Gasteiger partial charge in [0.25, 0.3) is 0 Å². The van der Waals surface area contributed by atoms with Gasteiger partial charge in [-0.2, -0.15) is 0 Å². The third-order valence-corrected chi connectivity index (χ3v) is 5.08. The molecule has 0 amide bonds. The molecule has 1 atom stereocenters. The van der Waals surface area contributed by atoms with Crippen LogP contribution in [0.4, 0.5) is 0 Å². The molecule has 0 spiro atoms. The van der Waals surface area contributed by atoms with Crippen LogP contribution in [0.3, 0.4) is 0 Å². The smallest absolute Gasteiger partial charge is 0.155 e. The molecule has 0 fully saturated rings. The van der Waals surface area contributed by atoms with Crippen LogP contribution in [-0.4, -0.2) is 46.4 Å². The van der Waals surface area contributed by atoms with E-state index in [1.807, 2.05) is 0 Å². The van der Waals surface area contributed by atoms with E-state index in [0.717, 1.165) is 6.26 Å². The van der Waals surface area contributed by atoms with E-state index in [1.54, 1.807) is 0 Å². The van der Waals surface area contributed by atoms with E-state index in [1.165, 1.54) is 6.92 Å². The first kappa shape index (κ1) is 12.9. The predicted molar refractivity (Wildman–Crippen MR) is 52.0 cm³/mol. The van der Waals surface area contributed by atoms with Gasteiger partial charge < -0.3 is 5.73 Å². The van der Waals surface area contributed by atoms with Crippen LogP contribution >= 0.6 is 0 Å². The summed E-state index contributed by atoms with van der Waals surface area (Å²) in [7, 11) is -6.57.